The minimum absolute atomic E-state index is 0.135. The monoisotopic (exact) mass is 249 g/mol. The Morgan fingerprint density at radius 2 is 1.83 bits per heavy atom. The molecule has 0 spiro atoms. The third-order valence-corrected chi connectivity index (χ3v) is 3.43. The average molecular weight is 249 g/mol. The van der Waals surface area contributed by atoms with Gasteiger partial charge in [-0.15, -0.1) is 0 Å². The number of rotatable bonds is 7. The van der Waals surface area contributed by atoms with Gasteiger partial charge >= 0.3 is 0 Å². The molecular formula is C16H27NO. The molecular weight excluding hydrogens is 222 g/mol. The normalized spacial score (nSPS) is 13.9. The molecule has 0 heterocycles. The molecule has 0 aliphatic heterocycles. The van der Waals surface area contributed by atoms with Crippen molar-refractivity contribution >= 4 is 0 Å². The third kappa shape index (κ3) is 4.43. The predicted molar refractivity (Wildman–Crippen MR) is 77.6 cm³/mol. The molecule has 0 saturated carbocycles. The fourth-order valence-electron chi connectivity index (χ4n) is 2.38. The van der Waals surface area contributed by atoms with Gasteiger partial charge in [0.25, 0.3) is 0 Å². The molecule has 18 heavy (non-hydrogen) atoms. The van der Waals surface area contributed by atoms with Crippen LogP contribution in [0.2, 0.25) is 0 Å². The summed E-state index contributed by atoms with van der Waals surface area (Å²) in [5.74, 6) is 0. The lowest BCUT2D eigenvalue weighted by Crippen LogP contribution is -2.36. The summed E-state index contributed by atoms with van der Waals surface area (Å²) in [6.45, 7) is 8.47. The lowest BCUT2D eigenvalue weighted by Gasteiger charge is -2.34. The summed E-state index contributed by atoms with van der Waals surface area (Å²) in [4.78, 5) is 2.32. The molecule has 2 heteroatoms. The van der Waals surface area contributed by atoms with E-state index in [2.05, 4.69) is 32.7 Å². The van der Waals surface area contributed by atoms with Gasteiger partial charge in [0.15, 0.2) is 0 Å². The van der Waals surface area contributed by atoms with Crippen LogP contribution in [0.4, 0.5) is 0 Å². The van der Waals surface area contributed by atoms with Gasteiger partial charge in [0.2, 0.25) is 0 Å². The van der Waals surface area contributed by atoms with Crippen molar-refractivity contribution in [2.45, 2.75) is 39.7 Å². The Labute approximate surface area is 112 Å². The second-order valence-electron chi connectivity index (χ2n) is 5.89. The minimum atomic E-state index is -0.414. The van der Waals surface area contributed by atoms with Crippen molar-refractivity contribution in [3.63, 3.8) is 0 Å². The quantitative estimate of drug-likeness (QED) is 0.799. The first-order valence-corrected chi connectivity index (χ1v) is 6.89. The average Bonchev–Trinajstić information content (AvgIpc) is 2.36. The molecule has 1 atom stereocenters. The molecule has 0 bridgehead atoms. The SMILES string of the molecule is CCCCN(C)CC(C)(C)C(O)c1ccccc1. The second-order valence-corrected chi connectivity index (χ2v) is 5.89. The van der Waals surface area contributed by atoms with Crippen molar-refractivity contribution < 1.29 is 5.11 Å². The number of hydrogen-bond donors (Lipinski definition) is 1. The molecule has 102 valence electrons. The summed E-state index contributed by atoms with van der Waals surface area (Å²) in [6, 6.07) is 9.94. The molecule has 0 amide bonds. The largest absolute Gasteiger partial charge is 0.388 e. The Morgan fingerprint density at radius 3 is 2.39 bits per heavy atom. The number of benzene rings is 1. The van der Waals surface area contributed by atoms with Gasteiger partial charge in [0, 0.05) is 12.0 Å². The van der Waals surface area contributed by atoms with E-state index < -0.39 is 6.10 Å². The molecule has 0 fully saturated rings. The fourth-order valence-corrected chi connectivity index (χ4v) is 2.38. The highest BCUT2D eigenvalue weighted by molar-refractivity contribution is 5.19. The highest BCUT2D eigenvalue weighted by atomic mass is 16.3. The Morgan fingerprint density at radius 1 is 1.22 bits per heavy atom. The highest BCUT2D eigenvalue weighted by Gasteiger charge is 2.30. The van der Waals surface area contributed by atoms with Gasteiger partial charge < -0.3 is 10.0 Å². The smallest absolute Gasteiger partial charge is 0.0853 e. The van der Waals surface area contributed by atoms with E-state index in [1.807, 2.05) is 30.3 Å². The van der Waals surface area contributed by atoms with E-state index in [-0.39, 0.29) is 5.41 Å². The van der Waals surface area contributed by atoms with Gasteiger partial charge in [0.05, 0.1) is 6.10 Å². The summed E-state index contributed by atoms with van der Waals surface area (Å²) in [6.07, 6.45) is 2.02. The lowest BCUT2D eigenvalue weighted by molar-refractivity contribution is 0.0257. The van der Waals surface area contributed by atoms with Crippen LogP contribution in [0, 0.1) is 5.41 Å². The summed E-state index contributed by atoms with van der Waals surface area (Å²) in [5.41, 5.74) is 0.871. The Kier molecular flexibility index (Phi) is 5.83. The Bertz CT molecular complexity index is 334. The molecule has 0 aromatic heterocycles. The van der Waals surface area contributed by atoms with Gasteiger partial charge in [0.1, 0.15) is 0 Å². The van der Waals surface area contributed by atoms with E-state index in [1.54, 1.807) is 0 Å². The Balaban J connectivity index is 2.62. The molecule has 0 aliphatic carbocycles. The van der Waals surface area contributed by atoms with Crippen LogP contribution in [0.1, 0.15) is 45.3 Å². The van der Waals surface area contributed by atoms with E-state index in [9.17, 15) is 5.11 Å². The van der Waals surface area contributed by atoms with Gasteiger partial charge in [-0.25, -0.2) is 0 Å². The summed E-state index contributed by atoms with van der Waals surface area (Å²) in [5, 5.41) is 10.5. The van der Waals surface area contributed by atoms with Crippen molar-refractivity contribution in [1.82, 2.24) is 4.90 Å². The molecule has 0 radical (unpaired) electrons. The van der Waals surface area contributed by atoms with E-state index in [0.29, 0.717) is 0 Å². The standard InChI is InChI=1S/C16H27NO/c1-5-6-12-17(4)13-16(2,3)15(18)14-10-8-7-9-11-14/h7-11,15,18H,5-6,12-13H2,1-4H3. The molecule has 1 aromatic rings. The van der Waals surface area contributed by atoms with Crippen LogP contribution in [0.25, 0.3) is 0 Å². The predicted octanol–water partition coefficient (Wildman–Crippen LogP) is 3.48. The molecule has 1 N–H and O–H groups in total. The maximum absolute atomic E-state index is 10.5. The number of hydrogen-bond acceptors (Lipinski definition) is 2. The zero-order valence-electron chi connectivity index (χ0n) is 12.2. The molecule has 1 unspecified atom stereocenters. The van der Waals surface area contributed by atoms with E-state index in [0.717, 1.165) is 18.7 Å². The molecule has 0 saturated heterocycles. The van der Waals surface area contributed by atoms with Crippen molar-refractivity contribution in [2.24, 2.45) is 5.41 Å². The zero-order valence-corrected chi connectivity index (χ0v) is 12.2. The first kappa shape index (κ1) is 15.2. The first-order valence-electron chi connectivity index (χ1n) is 6.89. The van der Waals surface area contributed by atoms with Gasteiger partial charge in [-0.05, 0) is 25.6 Å². The van der Waals surface area contributed by atoms with Crippen molar-refractivity contribution in [2.75, 3.05) is 20.1 Å². The lowest BCUT2D eigenvalue weighted by atomic mass is 9.82. The van der Waals surface area contributed by atoms with Crippen LogP contribution in [-0.2, 0) is 0 Å². The van der Waals surface area contributed by atoms with Crippen LogP contribution in [-0.4, -0.2) is 30.1 Å². The maximum Gasteiger partial charge on any atom is 0.0853 e. The van der Waals surface area contributed by atoms with Gasteiger partial charge in [-0.1, -0.05) is 57.5 Å². The third-order valence-electron chi connectivity index (χ3n) is 3.43. The first-order chi connectivity index (χ1) is 8.47. The van der Waals surface area contributed by atoms with E-state index in [4.69, 9.17) is 0 Å². The summed E-state index contributed by atoms with van der Waals surface area (Å²) >= 11 is 0. The topological polar surface area (TPSA) is 23.5 Å². The number of aliphatic hydroxyl groups excluding tert-OH is 1. The van der Waals surface area contributed by atoms with Gasteiger partial charge in [-0.2, -0.15) is 0 Å². The number of aliphatic hydroxyl groups is 1. The highest BCUT2D eigenvalue weighted by Crippen LogP contribution is 2.33. The summed E-state index contributed by atoms with van der Waals surface area (Å²) < 4.78 is 0. The molecule has 1 aromatic carbocycles. The van der Waals surface area contributed by atoms with Crippen molar-refractivity contribution in [3.05, 3.63) is 35.9 Å². The van der Waals surface area contributed by atoms with Gasteiger partial charge in [-0.3, -0.25) is 0 Å². The van der Waals surface area contributed by atoms with Crippen LogP contribution in [0.5, 0.6) is 0 Å². The minimum Gasteiger partial charge on any atom is -0.388 e. The number of nitrogens with zero attached hydrogens (tertiary/aromatic N) is 1. The van der Waals surface area contributed by atoms with Crippen LogP contribution in [0.15, 0.2) is 30.3 Å². The van der Waals surface area contributed by atoms with Crippen LogP contribution < -0.4 is 0 Å². The second kappa shape index (κ2) is 6.91. The van der Waals surface area contributed by atoms with E-state index >= 15 is 0 Å². The van der Waals surface area contributed by atoms with Crippen molar-refractivity contribution in [3.8, 4) is 0 Å². The number of unbranched alkanes of at least 4 members (excludes halogenated alkanes) is 1. The van der Waals surface area contributed by atoms with E-state index in [1.165, 1.54) is 12.8 Å². The van der Waals surface area contributed by atoms with Crippen LogP contribution >= 0.6 is 0 Å². The fraction of sp³-hybridized carbons (Fsp3) is 0.625. The molecule has 2 nitrogen and oxygen atoms in total. The zero-order chi connectivity index (χ0) is 13.6. The van der Waals surface area contributed by atoms with Crippen LogP contribution in [0.3, 0.4) is 0 Å². The maximum atomic E-state index is 10.5. The Hall–Kier alpha value is -0.860. The molecule has 0 aliphatic rings. The summed E-state index contributed by atoms with van der Waals surface area (Å²) in [7, 11) is 2.13. The van der Waals surface area contributed by atoms with Crippen molar-refractivity contribution in [1.29, 1.82) is 0 Å². The molecule has 1 rings (SSSR count).